The van der Waals surface area contributed by atoms with Gasteiger partial charge in [0.25, 0.3) is 5.91 Å². The summed E-state index contributed by atoms with van der Waals surface area (Å²) < 4.78 is 6.11. The van der Waals surface area contributed by atoms with Gasteiger partial charge in [0.15, 0.2) is 6.10 Å². The summed E-state index contributed by atoms with van der Waals surface area (Å²) in [6.45, 7) is 3.73. The van der Waals surface area contributed by atoms with Gasteiger partial charge in [-0.25, -0.2) is 4.79 Å². The van der Waals surface area contributed by atoms with Crippen molar-refractivity contribution < 1.29 is 19.1 Å². The summed E-state index contributed by atoms with van der Waals surface area (Å²) in [5.41, 5.74) is 3.41. The van der Waals surface area contributed by atoms with Crippen molar-refractivity contribution in [3.8, 4) is 0 Å². The topological polar surface area (TPSA) is 75.7 Å². The van der Waals surface area contributed by atoms with E-state index in [1.165, 1.54) is 4.90 Å². The summed E-state index contributed by atoms with van der Waals surface area (Å²) in [6.07, 6.45) is 0.0527. The molecule has 7 heteroatoms. The Labute approximate surface area is 229 Å². The van der Waals surface area contributed by atoms with E-state index in [1.807, 2.05) is 105 Å². The normalized spacial score (nSPS) is 17.5. The first-order valence-corrected chi connectivity index (χ1v) is 13.4. The Morgan fingerprint density at radius 2 is 1.45 bits per heavy atom. The van der Waals surface area contributed by atoms with Crippen LogP contribution in [0.1, 0.15) is 43.1 Å². The second kappa shape index (κ2) is 12.6. The molecule has 38 heavy (non-hydrogen) atoms. The maximum absolute atomic E-state index is 13.8. The summed E-state index contributed by atoms with van der Waals surface area (Å²) in [4.78, 5) is 41.1. The van der Waals surface area contributed by atoms with Gasteiger partial charge in [0.1, 0.15) is 11.7 Å². The molecule has 2 atom stereocenters. The summed E-state index contributed by atoms with van der Waals surface area (Å²) >= 11 is 4.44. The standard InChI is InChI=1S/C31H32N2O4S/c1-3-23(20-38)28(31(36)37-29(24-15-9-5-10-16-24)25-17-11-6-12-18-25)33-21(2)27(30(33)35)32-26(34)19-22-13-7-4-8-14-22/h4-18,21,27,29,38H,3,19-20H2,1-2H3,(H,32,34)/b28-23-/t21-,27+/m1/s1. The van der Waals surface area contributed by atoms with E-state index in [0.29, 0.717) is 17.7 Å². The van der Waals surface area contributed by atoms with Gasteiger partial charge in [-0.05, 0) is 35.6 Å². The van der Waals surface area contributed by atoms with E-state index in [4.69, 9.17) is 4.74 Å². The summed E-state index contributed by atoms with van der Waals surface area (Å²) in [5.74, 6) is -0.881. The Balaban J connectivity index is 1.56. The molecule has 1 aliphatic rings. The molecular weight excluding hydrogens is 496 g/mol. The van der Waals surface area contributed by atoms with Gasteiger partial charge in [-0.2, -0.15) is 12.6 Å². The average molecular weight is 529 g/mol. The minimum absolute atomic E-state index is 0.175. The van der Waals surface area contributed by atoms with Crippen LogP contribution in [0.3, 0.4) is 0 Å². The van der Waals surface area contributed by atoms with Gasteiger partial charge in [0, 0.05) is 5.75 Å². The van der Waals surface area contributed by atoms with Gasteiger partial charge in [-0.1, -0.05) is 97.9 Å². The Bertz CT molecular complexity index is 1250. The average Bonchev–Trinajstić information content (AvgIpc) is 2.96. The summed E-state index contributed by atoms with van der Waals surface area (Å²) in [5, 5.41) is 2.83. The second-order valence-electron chi connectivity index (χ2n) is 9.23. The fourth-order valence-corrected chi connectivity index (χ4v) is 5.01. The molecule has 0 aliphatic carbocycles. The van der Waals surface area contributed by atoms with Gasteiger partial charge in [-0.3, -0.25) is 14.5 Å². The molecule has 0 radical (unpaired) electrons. The van der Waals surface area contributed by atoms with E-state index >= 15 is 0 Å². The molecule has 3 aromatic carbocycles. The zero-order chi connectivity index (χ0) is 27.1. The molecule has 1 N–H and O–H groups in total. The molecule has 0 saturated carbocycles. The number of thiol groups is 1. The number of rotatable bonds is 10. The lowest BCUT2D eigenvalue weighted by molar-refractivity contribution is -0.157. The maximum atomic E-state index is 13.8. The molecule has 6 nitrogen and oxygen atoms in total. The number of nitrogens with zero attached hydrogens (tertiary/aromatic N) is 1. The molecule has 1 saturated heterocycles. The number of β-lactam (4-membered cyclic amide) rings is 1. The van der Waals surface area contributed by atoms with Gasteiger partial charge in [0.05, 0.1) is 12.5 Å². The highest BCUT2D eigenvalue weighted by Crippen LogP contribution is 2.33. The third kappa shape index (κ3) is 6.00. The quantitative estimate of drug-likeness (QED) is 0.170. The number of carbonyl (C=O) groups excluding carboxylic acids is 3. The lowest BCUT2D eigenvalue weighted by Crippen LogP contribution is -2.69. The Kier molecular flexibility index (Phi) is 9.02. The monoisotopic (exact) mass is 528 g/mol. The van der Waals surface area contributed by atoms with Crippen molar-refractivity contribution in [3.63, 3.8) is 0 Å². The third-order valence-electron chi connectivity index (χ3n) is 6.73. The largest absolute Gasteiger partial charge is 0.448 e. The fraction of sp³-hybridized carbons (Fsp3) is 0.258. The van der Waals surface area contributed by atoms with Crippen molar-refractivity contribution in [2.45, 2.75) is 44.9 Å². The Hall–Kier alpha value is -3.84. The first-order chi connectivity index (χ1) is 18.4. The minimum Gasteiger partial charge on any atom is -0.448 e. The van der Waals surface area contributed by atoms with E-state index in [-0.39, 0.29) is 23.9 Å². The van der Waals surface area contributed by atoms with E-state index in [1.54, 1.807) is 0 Å². The molecule has 1 fully saturated rings. The van der Waals surface area contributed by atoms with Crippen LogP contribution in [0.5, 0.6) is 0 Å². The molecule has 1 aliphatic heterocycles. The van der Waals surface area contributed by atoms with Gasteiger partial charge in [0.2, 0.25) is 5.91 Å². The van der Waals surface area contributed by atoms with Crippen LogP contribution in [0.25, 0.3) is 0 Å². The summed E-state index contributed by atoms with van der Waals surface area (Å²) in [7, 11) is 0. The lowest BCUT2D eigenvalue weighted by Gasteiger charge is -2.46. The van der Waals surface area contributed by atoms with E-state index < -0.39 is 24.2 Å². The van der Waals surface area contributed by atoms with Crippen LogP contribution in [0.4, 0.5) is 0 Å². The molecule has 0 aromatic heterocycles. The number of benzene rings is 3. The van der Waals surface area contributed by atoms with E-state index in [0.717, 1.165) is 16.7 Å². The number of likely N-dealkylation sites (tertiary alicyclic amines) is 1. The van der Waals surface area contributed by atoms with Gasteiger partial charge < -0.3 is 10.1 Å². The molecule has 2 amide bonds. The highest BCUT2D eigenvalue weighted by Gasteiger charge is 2.49. The zero-order valence-corrected chi connectivity index (χ0v) is 22.4. The highest BCUT2D eigenvalue weighted by molar-refractivity contribution is 7.80. The Morgan fingerprint density at radius 1 is 0.921 bits per heavy atom. The number of hydrogen-bond donors (Lipinski definition) is 2. The molecule has 0 spiro atoms. The van der Waals surface area contributed by atoms with E-state index in [2.05, 4.69) is 17.9 Å². The molecular formula is C31H32N2O4S. The first-order valence-electron chi connectivity index (χ1n) is 12.7. The van der Waals surface area contributed by atoms with Crippen molar-refractivity contribution in [3.05, 3.63) is 119 Å². The molecule has 0 unspecified atom stereocenters. The van der Waals surface area contributed by atoms with Gasteiger partial charge >= 0.3 is 5.97 Å². The SMILES string of the molecule is CC/C(CS)=C(\C(=O)OC(c1ccccc1)c1ccccc1)N1C(=O)[C@@H](NC(=O)Cc2ccccc2)[C@H]1C. The van der Waals surface area contributed by atoms with Crippen LogP contribution in [0, 0.1) is 0 Å². The number of amides is 2. The second-order valence-corrected chi connectivity index (χ2v) is 9.54. The fourth-order valence-electron chi connectivity index (χ4n) is 4.64. The van der Waals surface area contributed by atoms with Crippen LogP contribution in [-0.2, 0) is 25.5 Å². The Morgan fingerprint density at radius 3 is 1.92 bits per heavy atom. The van der Waals surface area contributed by atoms with Crippen molar-refractivity contribution in [2.24, 2.45) is 0 Å². The van der Waals surface area contributed by atoms with Crippen LogP contribution < -0.4 is 5.32 Å². The highest BCUT2D eigenvalue weighted by atomic mass is 32.1. The first kappa shape index (κ1) is 27.2. The van der Waals surface area contributed by atoms with Gasteiger partial charge in [-0.15, -0.1) is 0 Å². The van der Waals surface area contributed by atoms with Crippen molar-refractivity contribution in [1.82, 2.24) is 10.2 Å². The molecule has 3 aromatic rings. The maximum Gasteiger partial charge on any atom is 0.355 e. The van der Waals surface area contributed by atoms with Crippen molar-refractivity contribution in [2.75, 3.05) is 5.75 Å². The smallest absolute Gasteiger partial charge is 0.355 e. The summed E-state index contributed by atoms with van der Waals surface area (Å²) in [6, 6.07) is 27.2. The zero-order valence-electron chi connectivity index (χ0n) is 21.5. The molecule has 0 bridgehead atoms. The molecule has 196 valence electrons. The molecule has 1 heterocycles. The number of esters is 1. The number of hydrogen-bond acceptors (Lipinski definition) is 5. The van der Waals surface area contributed by atoms with Crippen LogP contribution in [0.15, 0.2) is 102 Å². The minimum atomic E-state index is -0.717. The number of nitrogens with one attached hydrogen (secondary N) is 1. The third-order valence-corrected chi connectivity index (χ3v) is 7.12. The van der Waals surface area contributed by atoms with E-state index in [9.17, 15) is 14.4 Å². The lowest BCUT2D eigenvalue weighted by atomic mass is 9.93. The molecule has 4 rings (SSSR count). The number of ether oxygens (including phenoxy) is 1. The van der Waals surface area contributed by atoms with Crippen LogP contribution >= 0.6 is 12.6 Å². The predicted octanol–water partition coefficient (Wildman–Crippen LogP) is 4.87. The predicted molar refractivity (Wildman–Crippen MR) is 150 cm³/mol. The van der Waals surface area contributed by atoms with Crippen LogP contribution in [-0.4, -0.2) is 40.5 Å². The van der Waals surface area contributed by atoms with Crippen LogP contribution in [0.2, 0.25) is 0 Å². The van der Waals surface area contributed by atoms with Crippen molar-refractivity contribution in [1.29, 1.82) is 0 Å². The van der Waals surface area contributed by atoms with Crippen molar-refractivity contribution >= 4 is 30.4 Å². The number of carbonyl (C=O) groups is 3.